The first-order valence-corrected chi connectivity index (χ1v) is 7.01. The molecule has 15 heavy (non-hydrogen) atoms. The molecular weight excluding hydrogens is 199 g/mol. The lowest BCUT2D eigenvalue weighted by molar-refractivity contribution is 0.448. The lowest BCUT2D eigenvalue weighted by atomic mass is 9.88. The monoisotopic (exact) mass is 216 g/mol. The van der Waals surface area contributed by atoms with Crippen LogP contribution in [0.1, 0.15) is 43.3 Å². The summed E-state index contributed by atoms with van der Waals surface area (Å²) in [5.41, 5.74) is 0. The first kappa shape index (κ1) is 9.48. The van der Waals surface area contributed by atoms with Crippen LogP contribution in [0.25, 0.3) is 10.5 Å². The van der Waals surface area contributed by atoms with Gasteiger partial charge in [-0.15, -0.1) is 8.19 Å². The van der Waals surface area contributed by atoms with Crippen molar-refractivity contribution in [2.75, 3.05) is 0 Å². The zero-order chi connectivity index (χ0) is 10.1. The fourth-order valence-corrected chi connectivity index (χ4v) is 4.24. The minimum absolute atomic E-state index is 0.907. The Bertz CT molecular complexity index is 416. The van der Waals surface area contributed by atoms with E-state index in [2.05, 4.69) is 30.3 Å². The van der Waals surface area contributed by atoms with Crippen LogP contribution < -0.4 is 0 Å². The molecule has 78 valence electrons. The SMILES string of the molecule is c1ccc2[pH]c(C3CCCCC3)cc2c1. The molecule has 1 saturated carbocycles. The van der Waals surface area contributed by atoms with Gasteiger partial charge in [0, 0.05) is 0 Å². The molecule has 0 bridgehead atoms. The van der Waals surface area contributed by atoms with E-state index in [1.54, 1.807) is 10.4 Å². The second-order valence-electron chi connectivity index (χ2n) is 4.65. The molecule has 3 rings (SSSR count). The van der Waals surface area contributed by atoms with E-state index in [9.17, 15) is 0 Å². The maximum Gasteiger partial charge on any atom is -0.00155 e. The van der Waals surface area contributed by atoms with Crippen LogP contribution in [0.15, 0.2) is 30.3 Å². The standard InChI is InChI=1S/C14H17P/c1-2-6-11(7-3-1)14-10-12-8-4-5-9-13(12)15-14/h4-5,8-11,15H,1-3,6-7H2. The summed E-state index contributed by atoms with van der Waals surface area (Å²) in [7, 11) is 0.963. The number of rotatable bonds is 1. The van der Waals surface area contributed by atoms with Gasteiger partial charge in [-0.3, -0.25) is 0 Å². The highest BCUT2D eigenvalue weighted by Crippen LogP contribution is 2.41. The largest absolute Gasteiger partial charge is 0.128 e. The van der Waals surface area contributed by atoms with Crippen molar-refractivity contribution in [3.05, 3.63) is 35.6 Å². The van der Waals surface area contributed by atoms with Crippen LogP contribution in [0, 0.1) is 0 Å². The van der Waals surface area contributed by atoms with Gasteiger partial charge in [-0.1, -0.05) is 43.5 Å². The smallest absolute Gasteiger partial charge is 0.00155 e. The minimum Gasteiger partial charge on any atom is -0.128 e. The highest BCUT2D eigenvalue weighted by molar-refractivity contribution is 7.38. The van der Waals surface area contributed by atoms with Gasteiger partial charge >= 0.3 is 0 Å². The molecular formula is C14H17P. The Labute approximate surface area is 92.8 Å². The number of fused-ring (bicyclic) bond motifs is 1. The Kier molecular flexibility index (Phi) is 2.54. The van der Waals surface area contributed by atoms with Crippen molar-refractivity contribution < 1.29 is 0 Å². The van der Waals surface area contributed by atoms with Crippen molar-refractivity contribution in [1.29, 1.82) is 0 Å². The van der Waals surface area contributed by atoms with Gasteiger partial charge < -0.3 is 0 Å². The molecule has 1 aliphatic rings. The molecule has 1 unspecified atom stereocenters. The molecule has 0 aliphatic heterocycles. The predicted octanol–water partition coefficient (Wildman–Crippen LogP) is 4.92. The third-order valence-corrected chi connectivity index (χ3v) is 5.16. The third-order valence-electron chi connectivity index (χ3n) is 3.60. The summed E-state index contributed by atoms with van der Waals surface area (Å²) in [4.78, 5) is 0. The van der Waals surface area contributed by atoms with Gasteiger partial charge in [-0.05, 0) is 40.6 Å². The number of hydrogen-bond acceptors (Lipinski definition) is 0. The molecule has 0 saturated heterocycles. The van der Waals surface area contributed by atoms with Crippen molar-refractivity contribution in [3.8, 4) is 0 Å². The molecule has 1 fully saturated rings. The maximum atomic E-state index is 2.46. The summed E-state index contributed by atoms with van der Waals surface area (Å²) in [6.07, 6.45) is 7.23. The number of benzene rings is 1. The van der Waals surface area contributed by atoms with Crippen LogP contribution in [0.3, 0.4) is 0 Å². The van der Waals surface area contributed by atoms with Gasteiger partial charge in [0.05, 0.1) is 0 Å². The Balaban J connectivity index is 1.96. The van der Waals surface area contributed by atoms with E-state index >= 15 is 0 Å². The van der Waals surface area contributed by atoms with E-state index in [0.29, 0.717) is 0 Å². The van der Waals surface area contributed by atoms with Crippen molar-refractivity contribution in [1.82, 2.24) is 0 Å². The second kappa shape index (κ2) is 4.02. The molecule has 1 heterocycles. The van der Waals surface area contributed by atoms with Crippen LogP contribution in [0.5, 0.6) is 0 Å². The molecule has 2 aromatic rings. The van der Waals surface area contributed by atoms with Gasteiger partial charge in [0.1, 0.15) is 0 Å². The maximum absolute atomic E-state index is 2.46. The summed E-state index contributed by atoms with van der Waals surface area (Å²) in [6.45, 7) is 0. The quantitative estimate of drug-likeness (QED) is 0.634. The fourth-order valence-electron chi connectivity index (χ4n) is 2.73. The predicted molar refractivity (Wildman–Crippen MR) is 69.3 cm³/mol. The normalized spacial score (nSPS) is 18.9. The Hall–Kier alpha value is -0.740. The summed E-state index contributed by atoms with van der Waals surface area (Å²) in [5, 5.41) is 4.78. The van der Waals surface area contributed by atoms with Gasteiger partial charge in [-0.2, -0.15) is 0 Å². The minimum atomic E-state index is 0.907. The molecule has 1 aromatic heterocycles. The fraction of sp³-hybridized carbons (Fsp3) is 0.429. The van der Waals surface area contributed by atoms with Crippen LogP contribution in [-0.4, -0.2) is 0 Å². The van der Waals surface area contributed by atoms with Crippen LogP contribution >= 0.6 is 8.19 Å². The van der Waals surface area contributed by atoms with Crippen LogP contribution in [0.2, 0.25) is 0 Å². The lowest BCUT2D eigenvalue weighted by Crippen LogP contribution is -2.01. The van der Waals surface area contributed by atoms with E-state index in [-0.39, 0.29) is 0 Å². The summed E-state index contributed by atoms with van der Waals surface area (Å²) < 4.78 is 0. The zero-order valence-electron chi connectivity index (χ0n) is 9.00. The van der Waals surface area contributed by atoms with Gasteiger partial charge in [0.25, 0.3) is 0 Å². The van der Waals surface area contributed by atoms with Crippen molar-refractivity contribution in [2.24, 2.45) is 0 Å². The van der Waals surface area contributed by atoms with Crippen LogP contribution in [-0.2, 0) is 0 Å². The summed E-state index contributed by atoms with van der Waals surface area (Å²) >= 11 is 0. The van der Waals surface area contributed by atoms with Crippen molar-refractivity contribution in [3.63, 3.8) is 0 Å². The van der Waals surface area contributed by atoms with Crippen molar-refractivity contribution in [2.45, 2.75) is 38.0 Å². The second-order valence-corrected chi connectivity index (χ2v) is 6.01. The molecule has 0 spiro atoms. The van der Waals surface area contributed by atoms with Crippen LogP contribution in [0.4, 0.5) is 0 Å². The molecule has 1 aliphatic carbocycles. The highest BCUT2D eigenvalue weighted by atomic mass is 31.0. The Morgan fingerprint density at radius 1 is 1.00 bits per heavy atom. The number of hydrogen-bond donors (Lipinski definition) is 0. The highest BCUT2D eigenvalue weighted by Gasteiger charge is 2.16. The molecule has 1 atom stereocenters. The summed E-state index contributed by atoms with van der Waals surface area (Å²) in [5.74, 6) is 0.907. The zero-order valence-corrected chi connectivity index (χ0v) is 10.00. The van der Waals surface area contributed by atoms with Gasteiger partial charge in [0.15, 0.2) is 0 Å². The van der Waals surface area contributed by atoms with E-state index in [1.807, 2.05) is 0 Å². The molecule has 0 nitrogen and oxygen atoms in total. The van der Waals surface area contributed by atoms with Gasteiger partial charge in [-0.25, -0.2) is 0 Å². The molecule has 1 aromatic carbocycles. The van der Waals surface area contributed by atoms with E-state index in [4.69, 9.17) is 0 Å². The van der Waals surface area contributed by atoms with E-state index in [0.717, 1.165) is 14.1 Å². The Morgan fingerprint density at radius 3 is 2.60 bits per heavy atom. The molecule has 0 radical (unpaired) electrons. The average molecular weight is 216 g/mol. The molecule has 0 N–H and O–H groups in total. The van der Waals surface area contributed by atoms with Gasteiger partial charge in [0.2, 0.25) is 0 Å². The van der Waals surface area contributed by atoms with Crippen molar-refractivity contribution >= 4 is 18.7 Å². The third kappa shape index (κ3) is 1.84. The first-order valence-electron chi connectivity index (χ1n) is 6.01. The average Bonchev–Trinajstić information content (AvgIpc) is 2.74. The summed E-state index contributed by atoms with van der Waals surface area (Å²) in [6, 6.07) is 11.3. The molecule has 0 amide bonds. The topological polar surface area (TPSA) is 0 Å². The lowest BCUT2D eigenvalue weighted by Gasteiger charge is -2.20. The Morgan fingerprint density at radius 2 is 1.80 bits per heavy atom. The molecule has 1 heteroatoms. The van der Waals surface area contributed by atoms with E-state index < -0.39 is 0 Å². The van der Waals surface area contributed by atoms with E-state index in [1.165, 1.54) is 37.5 Å². The first-order chi connectivity index (χ1) is 7.43.